The maximum Gasteiger partial charge on any atom is 0.318 e. The van der Waals surface area contributed by atoms with Crippen molar-refractivity contribution in [2.24, 2.45) is 5.10 Å². The average molecular weight is 516 g/mol. The average Bonchev–Trinajstić information content (AvgIpc) is 3.52. The van der Waals surface area contributed by atoms with Crippen LogP contribution in [-0.4, -0.2) is 83.9 Å². The molecule has 2 aliphatic heterocycles. The molecule has 0 saturated carbocycles. The van der Waals surface area contributed by atoms with Crippen molar-refractivity contribution in [1.82, 2.24) is 20.1 Å². The highest BCUT2D eigenvalue weighted by Crippen LogP contribution is 2.34. The molecule has 0 radical (unpaired) electrons. The molecule has 2 aromatic rings. The molecule has 194 valence electrons. The van der Waals surface area contributed by atoms with E-state index in [2.05, 4.69) is 15.3 Å². The number of carbonyl (C=O) groups is 2. The van der Waals surface area contributed by atoms with E-state index in [1.165, 1.54) is 17.1 Å². The Morgan fingerprint density at radius 3 is 2.56 bits per heavy atom. The van der Waals surface area contributed by atoms with Gasteiger partial charge in [0, 0.05) is 38.1 Å². The predicted molar refractivity (Wildman–Crippen MR) is 139 cm³/mol. The number of halogens is 1. The Bertz CT molecular complexity index is 1060. The maximum atomic E-state index is 13.6. The monoisotopic (exact) mass is 515 g/mol. The van der Waals surface area contributed by atoms with Crippen LogP contribution in [0.2, 0.25) is 0 Å². The van der Waals surface area contributed by atoms with E-state index in [9.17, 15) is 14.0 Å². The van der Waals surface area contributed by atoms with Gasteiger partial charge in [-0.2, -0.15) is 5.10 Å². The lowest BCUT2D eigenvalue weighted by atomic mass is 10.0. The summed E-state index contributed by atoms with van der Waals surface area (Å²) in [4.78, 5) is 31.6. The van der Waals surface area contributed by atoms with Crippen molar-refractivity contribution < 1.29 is 18.7 Å². The van der Waals surface area contributed by atoms with Gasteiger partial charge in [-0.1, -0.05) is 18.2 Å². The molecule has 3 heterocycles. The minimum absolute atomic E-state index is 0.106. The number of carbonyl (C=O) groups excluding carboxylic acids is 2. The summed E-state index contributed by atoms with van der Waals surface area (Å²) in [6.45, 7) is 9.63. The Morgan fingerprint density at radius 1 is 1.19 bits per heavy atom. The van der Waals surface area contributed by atoms with Gasteiger partial charge in [-0.3, -0.25) is 9.69 Å². The molecule has 2 aliphatic rings. The van der Waals surface area contributed by atoms with Gasteiger partial charge >= 0.3 is 6.03 Å². The van der Waals surface area contributed by atoms with Crippen LogP contribution in [0.5, 0.6) is 0 Å². The third-order valence-electron chi connectivity index (χ3n) is 6.11. The van der Waals surface area contributed by atoms with Gasteiger partial charge in [0.1, 0.15) is 12.4 Å². The first-order chi connectivity index (χ1) is 17.2. The van der Waals surface area contributed by atoms with Crippen molar-refractivity contribution in [1.29, 1.82) is 0 Å². The number of hydrogen-bond donors (Lipinski definition) is 1. The van der Waals surface area contributed by atoms with E-state index >= 15 is 0 Å². The maximum absolute atomic E-state index is 13.6. The second-order valence-corrected chi connectivity index (χ2v) is 11.0. The lowest BCUT2D eigenvalue weighted by molar-refractivity contribution is -0.133. The molecule has 1 saturated heterocycles. The molecular formula is C26H34FN5O3S. The van der Waals surface area contributed by atoms with E-state index in [1.54, 1.807) is 28.4 Å². The van der Waals surface area contributed by atoms with E-state index in [-0.39, 0.29) is 30.3 Å². The number of hydrazone groups is 1. The van der Waals surface area contributed by atoms with Crippen molar-refractivity contribution in [3.8, 4) is 0 Å². The zero-order chi connectivity index (χ0) is 25.7. The van der Waals surface area contributed by atoms with Crippen LogP contribution in [0.4, 0.5) is 9.18 Å². The van der Waals surface area contributed by atoms with Crippen molar-refractivity contribution in [3.63, 3.8) is 0 Å². The van der Waals surface area contributed by atoms with Crippen molar-refractivity contribution in [3.05, 3.63) is 58.0 Å². The fourth-order valence-electron chi connectivity index (χ4n) is 4.25. The minimum Gasteiger partial charge on any atom is -0.379 e. The molecule has 1 N–H and O–H groups in total. The van der Waals surface area contributed by atoms with Crippen LogP contribution >= 0.6 is 11.3 Å². The molecule has 1 atom stereocenters. The van der Waals surface area contributed by atoms with Crippen LogP contribution in [0.3, 0.4) is 0 Å². The van der Waals surface area contributed by atoms with E-state index in [1.807, 2.05) is 38.3 Å². The zero-order valence-corrected chi connectivity index (χ0v) is 21.9. The van der Waals surface area contributed by atoms with Gasteiger partial charge in [-0.05, 0) is 49.9 Å². The lowest BCUT2D eigenvalue weighted by Crippen LogP contribution is -2.53. The molecule has 0 aliphatic carbocycles. The Balaban J connectivity index is 1.53. The highest BCUT2D eigenvalue weighted by atomic mass is 32.1. The second kappa shape index (κ2) is 11.5. The number of morpholine rings is 1. The first-order valence-electron chi connectivity index (χ1n) is 12.3. The quantitative estimate of drug-likeness (QED) is 0.610. The second-order valence-electron chi connectivity index (χ2n) is 10.1. The molecule has 1 fully saturated rings. The van der Waals surface area contributed by atoms with Crippen molar-refractivity contribution >= 4 is 29.0 Å². The molecule has 4 rings (SSSR count). The first-order valence-corrected chi connectivity index (χ1v) is 13.1. The van der Waals surface area contributed by atoms with Crippen molar-refractivity contribution in [2.45, 2.75) is 38.8 Å². The molecule has 1 aromatic heterocycles. The van der Waals surface area contributed by atoms with Gasteiger partial charge < -0.3 is 15.0 Å². The van der Waals surface area contributed by atoms with Gasteiger partial charge in [0.15, 0.2) is 0 Å². The minimum atomic E-state index is -0.438. The molecule has 0 bridgehead atoms. The van der Waals surface area contributed by atoms with Crippen LogP contribution in [-0.2, 0) is 9.53 Å². The summed E-state index contributed by atoms with van der Waals surface area (Å²) in [5.74, 6) is -0.607. The summed E-state index contributed by atoms with van der Waals surface area (Å²) in [6.07, 6.45) is 0.528. The van der Waals surface area contributed by atoms with E-state index in [4.69, 9.17) is 4.74 Å². The Labute approximate surface area is 215 Å². The Hall–Kier alpha value is -2.82. The molecule has 10 heteroatoms. The summed E-state index contributed by atoms with van der Waals surface area (Å²) in [5.41, 5.74) is 1.18. The van der Waals surface area contributed by atoms with Crippen LogP contribution < -0.4 is 5.32 Å². The normalized spacial score (nSPS) is 18.7. The predicted octanol–water partition coefficient (Wildman–Crippen LogP) is 3.71. The number of benzene rings is 1. The largest absolute Gasteiger partial charge is 0.379 e. The summed E-state index contributed by atoms with van der Waals surface area (Å²) in [6, 6.07) is 9.45. The SMILES string of the molecule is CC(C)(C)NC(=O)N(CCN1CCOCC1)CC(=O)N1N=C(c2cccs2)CC1c1ccc(F)cc1. The van der Waals surface area contributed by atoms with Crippen LogP contribution in [0.15, 0.2) is 46.9 Å². The smallest absolute Gasteiger partial charge is 0.318 e. The van der Waals surface area contributed by atoms with Gasteiger partial charge in [0.2, 0.25) is 0 Å². The fourth-order valence-corrected chi connectivity index (χ4v) is 4.97. The molecule has 0 spiro atoms. The Kier molecular flexibility index (Phi) is 8.38. The number of nitrogens with zero attached hydrogens (tertiary/aromatic N) is 4. The van der Waals surface area contributed by atoms with E-state index < -0.39 is 5.54 Å². The summed E-state index contributed by atoms with van der Waals surface area (Å²) in [7, 11) is 0. The van der Waals surface area contributed by atoms with Gasteiger partial charge in [0.25, 0.3) is 5.91 Å². The van der Waals surface area contributed by atoms with Gasteiger partial charge in [-0.25, -0.2) is 14.2 Å². The molecule has 1 aromatic carbocycles. The van der Waals surface area contributed by atoms with Gasteiger partial charge in [-0.15, -0.1) is 11.3 Å². The van der Waals surface area contributed by atoms with Crippen LogP contribution in [0, 0.1) is 5.82 Å². The zero-order valence-electron chi connectivity index (χ0n) is 21.1. The van der Waals surface area contributed by atoms with Crippen molar-refractivity contribution in [2.75, 3.05) is 45.9 Å². The fraction of sp³-hybridized carbons (Fsp3) is 0.500. The summed E-state index contributed by atoms with van der Waals surface area (Å²) < 4.78 is 19.0. The standard InChI is InChI=1S/C26H34FN5O3S/c1-26(2,3)28-25(34)31(11-10-30-12-14-35-15-13-30)18-24(33)32-22(19-6-8-20(27)9-7-19)17-21(29-32)23-5-4-16-36-23/h4-9,16,22H,10-15,17-18H2,1-3H3,(H,28,34). The Morgan fingerprint density at radius 2 is 1.92 bits per heavy atom. The molecule has 3 amide bonds. The first kappa shape index (κ1) is 26.2. The molecule has 36 heavy (non-hydrogen) atoms. The number of hydrogen-bond acceptors (Lipinski definition) is 6. The van der Waals surface area contributed by atoms with Gasteiger partial charge in [0.05, 0.1) is 29.8 Å². The van der Waals surface area contributed by atoms with E-state index in [0.29, 0.717) is 32.7 Å². The summed E-state index contributed by atoms with van der Waals surface area (Å²) in [5, 5.41) is 11.1. The number of thiophene rings is 1. The summed E-state index contributed by atoms with van der Waals surface area (Å²) >= 11 is 1.56. The third kappa shape index (κ3) is 6.89. The van der Waals surface area contributed by atoms with Crippen LogP contribution in [0.25, 0.3) is 0 Å². The molecule has 1 unspecified atom stereocenters. The topological polar surface area (TPSA) is 77.5 Å². The third-order valence-corrected chi connectivity index (χ3v) is 7.03. The highest BCUT2D eigenvalue weighted by Gasteiger charge is 2.35. The molecular weight excluding hydrogens is 481 g/mol. The van der Waals surface area contributed by atoms with Crippen LogP contribution in [0.1, 0.15) is 43.7 Å². The highest BCUT2D eigenvalue weighted by molar-refractivity contribution is 7.12. The molecule has 8 nitrogen and oxygen atoms in total. The number of nitrogens with one attached hydrogen (secondary N) is 1. The number of ether oxygens (including phenoxy) is 1. The number of rotatable bonds is 7. The van der Waals surface area contributed by atoms with E-state index in [0.717, 1.165) is 29.2 Å². The number of urea groups is 1. The number of amides is 3. The lowest BCUT2D eigenvalue weighted by Gasteiger charge is -2.32.